The molecule has 4 nitrogen and oxygen atoms in total. The highest BCUT2D eigenvalue weighted by Gasteiger charge is 2.18. The molecule has 0 amide bonds. The van der Waals surface area contributed by atoms with Gasteiger partial charge in [-0.25, -0.2) is 9.97 Å². The fourth-order valence-electron chi connectivity index (χ4n) is 8.43. The minimum atomic E-state index is 0.907. The van der Waals surface area contributed by atoms with Crippen molar-refractivity contribution >= 4 is 43.2 Å². The van der Waals surface area contributed by atoms with Gasteiger partial charge < -0.3 is 0 Å². The van der Waals surface area contributed by atoms with Gasteiger partial charge in [0.05, 0.1) is 22.6 Å². The minimum absolute atomic E-state index is 0.907. The summed E-state index contributed by atoms with van der Waals surface area (Å²) in [6.07, 6.45) is 7.32. The monoisotopic (exact) mass is 738 g/mol. The van der Waals surface area contributed by atoms with Gasteiger partial charge in [-0.2, -0.15) is 0 Å². The second-order valence-corrected chi connectivity index (χ2v) is 14.7. The average Bonchev–Trinajstić information content (AvgIpc) is 3.31. The van der Waals surface area contributed by atoms with Crippen molar-refractivity contribution in [2.24, 2.45) is 0 Å². The molecule has 270 valence electrons. The summed E-state index contributed by atoms with van der Waals surface area (Å²) in [6.45, 7) is 0. The Hall–Kier alpha value is -7.82. The van der Waals surface area contributed by atoms with Crippen LogP contribution in [0.25, 0.3) is 110 Å². The molecule has 4 aromatic heterocycles. The maximum absolute atomic E-state index is 5.44. The Bertz CT molecular complexity index is 3200. The first-order valence-electron chi connectivity index (χ1n) is 19.5. The van der Waals surface area contributed by atoms with Crippen LogP contribution in [0.2, 0.25) is 0 Å². The van der Waals surface area contributed by atoms with E-state index in [9.17, 15) is 0 Å². The molecule has 58 heavy (non-hydrogen) atoms. The lowest BCUT2D eigenvalue weighted by atomic mass is 9.89. The SMILES string of the molecule is c1cc(-c2cc(-c3ccc(-c4ccncc4)cc3)nc(-c3ccc(-c4ccncc4)cc3)c2)cc(-c2nc3ccccc3c3c4ccccc4c4ccccc4c23)c1. The van der Waals surface area contributed by atoms with Crippen molar-refractivity contribution < 1.29 is 0 Å². The van der Waals surface area contributed by atoms with E-state index in [-0.39, 0.29) is 0 Å². The maximum Gasteiger partial charge on any atom is 0.0794 e. The highest BCUT2D eigenvalue weighted by molar-refractivity contribution is 6.33. The molecule has 0 N–H and O–H groups in total. The highest BCUT2D eigenvalue weighted by Crippen LogP contribution is 2.43. The van der Waals surface area contributed by atoms with Crippen molar-refractivity contribution in [3.05, 3.63) is 207 Å². The van der Waals surface area contributed by atoms with Crippen LogP contribution >= 0.6 is 0 Å². The fourth-order valence-corrected chi connectivity index (χ4v) is 8.43. The van der Waals surface area contributed by atoms with E-state index >= 15 is 0 Å². The molecule has 0 saturated carbocycles. The number of aromatic nitrogens is 4. The Kier molecular flexibility index (Phi) is 8.11. The van der Waals surface area contributed by atoms with Gasteiger partial charge in [0, 0.05) is 57.6 Å². The lowest BCUT2D eigenvalue weighted by Gasteiger charge is -2.17. The molecular weight excluding hydrogens is 705 g/mol. The predicted molar refractivity (Wildman–Crippen MR) is 240 cm³/mol. The van der Waals surface area contributed by atoms with Crippen molar-refractivity contribution in [1.29, 1.82) is 0 Å². The predicted octanol–water partition coefficient (Wildman–Crippen LogP) is 13.9. The molecule has 11 rings (SSSR count). The molecule has 0 radical (unpaired) electrons. The molecule has 0 saturated heterocycles. The van der Waals surface area contributed by atoms with Crippen LogP contribution in [0.4, 0.5) is 0 Å². The molecular formula is C54H34N4. The van der Waals surface area contributed by atoms with Crippen LogP contribution in [0.15, 0.2) is 207 Å². The number of hydrogen-bond acceptors (Lipinski definition) is 4. The summed E-state index contributed by atoms with van der Waals surface area (Å²) >= 11 is 0. The van der Waals surface area contributed by atoms with Gasteiger partial charge in [-0.15, -0.1) is 0 Å². The molecule has 7 aromatic carbocycles. The summed E-state index contributed by atoms with van der Waals surface area (Å²) in [4.78, 5) is 19.1. The van der Waals surface area contributed by atoms with E-state index < -0.39 is 0 Å². The third kappa shape index (κ3) is 5.87. The van der Waals surface area contributed by atoms with Crippen LogP contribution in [-0.2, 0) is 0 Å². The highest BCUT2D eigenvalue weighted by atomic mass is 14.7. The van der Waals surface area contributed by atoms with Gasteiger partial charge in [0.15, 0.2) is 0 Å². The second-order valence-electron chi connectivity index (χ2n) is 14.7. The third-order valence-corrected chi connectivity index (χ3v) is 11.3. The summed E-state index contributed by atoms with van der Waals surface area (Å²) in [5.41, 5.74) is 13.6. The minimum Gasteiger partial charge on any atom is -0.265 e. The summed E-state index contributed by atoms with van der Waals surface area (Å²) in [6, 6.07) is 64.8. The van der Waals surface area contributed by atoms with Crippen molar-refractivity contribution in [2.75, 3.05) is 0 Å². The average molecular weight is 739 g/mol. The number of para-hydroxylation sites is 1. The fraction of sp³-hybridized carbons (Fsp3) is 0. The molecule has 0 spiro atoms. The van der Waals surface area contributed by atoms with Crippen molar-refractivity contribution in [3.8, 4) is 67.2 Å². The van der Waals surface area contributed by atoms with E-state index in [1.807, 2.05) is 49.1 Å². The number of fused-ring (bicyclic) bond motifs is 8. The zero-order valence-electron chi connectivity index (χ0n) is 31.4. The largest absolute Gasteiger partial charge is 0.265 e. The number of nitrogens with zero attached hydrogens (tertiary/aromatic N) is 4. The van der Waals surface area contributed by atoms with E-state index in [0.29, 0.717) is 0 Å². The lowest BCUT2D eigenvalue weighted by Crippen LogP contribution is -1.94. The molecule has 4 heterocycles. The number of pyridine rings is 4. The topological polar surface area (TPSA) is 51.6 Å². The van der Waals surface area contributed by atoms with E-state index in [2.05, 4.69) is 168 Å². The lowest BCUT2D eigenvalue weighted by molar-refractivity contribution is 1.32. The second kappa shape index (κ2) is 14.0. The van der Waals surface area contributed by atoms with Gasteiger partial charge in [0.25, 0.3) is 0 Å². The quantitative estimate of drug-likeness (QED) is 0.159. The molecule has 0 bridgehead atoms. The first-order chi connectivity index (χ1) is 28.7. The van der Waals surface area contributed by atoms with Crippen LogP contribution in [0.1, 0.15) is 0 Å². The normalized spacial score (nSPS) is 11.4. The molecule has 0 aliphatic carbocycles. The molecule has 11 aromatic rings. The smallest absolute Gasteiger partial charge is 0.0794 e. The third-order valence-electron chi connectivity index (χ3n) is 11.3. The zero-order valence-corrected chi connectivity index (χ0v) is 31.4. The Balaban J connectivity index is 1.10. The Morgan fingerprint density at radius 2 is 0.707 bits per heavy atom. The van der Waals surface area contributed by atoms with Gasteiger partial charge in [-0.05, 0) is 103 Å². The Labute approximate surface area is 335 Å². The van der Waals surface area contributed by atoms with Crippen molar-refractivity contribution in [1.82, 2.24) is 19.9 Å². The van der Waals surface area contributed by atoms with Gasteiger partial charge in [0.1, 0.15) is 0 Å². The summed E-state index contributed by atoms with van der Waals surface area (Å²) in [7, 11) is 0. The number of benzene rings is 7. The van der Waals surface area contributed by atoms with Crippen LogP contribution in [0.3, 0.4) is 0 Å². The standard InChI is InChI=1S/C54H34N4/c1-3-12-46-44(10-1)45-11-2-4-13-47(45)53-52(46)48-14-5-6-15-49(48)58-54(53)42-9-7-8-41(32-42)43-33-50(39-20-16-35(17-21-39)37-24-28-55-29-25-37)57-51(34-43)40-22-18-36(19-23-40)38-26-30-56-31-27-38/h1-34H. The first-order valence-corrected chi connectivity index (χ1v) is 19.5. The number of hydrogen-bond donors (Lipinski definition) is 0. The van der Waals surface area contributed by atoms with Crippen LogP contribution in [0.5, 0.6) is 0 Å². The maximum atomic E-state index is 5.44. The van der Waals surface area contributed by atoms with E-state index in [4.69, 9.17) is 9.97 Å². The zero-order chi connectivity index (χ0) is 38.4. The van der Waals surface area contributed by atoms with Crippen molar-refractivity contribution in [3.63, 3.8) is 0 Å². The number of rotatable bonds is 6. The van der Waals surface area contributed by atoms with E-state index in [1.165, 1.54) is 32.3 Å². The summed E-state index contributed by atoms with van der Waals surface area (Å²) < 4.78 is 0. The summed E-state index contributed by atoms with van der Waals surface area (Å²) in [5.74, 6) is 0. The van der Waals surface area contributed by atoms with Gasteiger partial charge in [0.2, 0.25) is 0 Å². The molecule has 0 atom stereocenters. The molecule has 0 fully saturated rings. The summed E-state index contributed by atoms with van der Waals surface area (Å²) in [5, 5.41) is 8.49. The van der Waals surface area contributed by atoms with Crippen molar-refractivity contribution in [2.45, 2.75) is 0 Å². The molecule has 0 unspecified atom stereocenters. The van der Waals surface area contributed by atoms with Gasteiger partial charge in [-0.1, -0.05) is 133 Å². The molecule has 0 aliphatic rings. The van der Waals surface area contributed by atoms with Crippen LogP contribution in [0, 0.1) is 0 Å². The first kappa shape index (κ1) is 33.5. The van der Waals surface area contributed by atoms with E-state index in [1.54, 1.807) is 0 Å². The van der Waals surface area contributed by atoms with Crippen LogP contribution < -0.4 is 0 Å². The van der Waals surface area contributed by atoms with Gasteiger partial charge in [-0.3, -0.25) is 9.97 Å². The van der Waals surface area contributed by atoms with Gasteiger partial charge >= 0.3 is 0 Å². The van der Waals surface area contributed by atoms with E-state index in [0.717, 1.165) is 78.1 Å². The van der Waals surface area contributed by atoms with Crippen LogP contribution in [-0.4, -0.2) is 19.9 Å². The Morgan fingerprint density at radius 1 is 0.259 bits per heavy atom. The molecule has 4 heteroatoms. The Morgan fingerprint density at radius 3 is 1.28 bits per heavy atom. The molecule has 0 aliphatic heterocycles.